The minimum Gasteiger partial charge on any atom is -0.356 e. The summed E-state index contributed by atoms with van der Waals surface area (Å²) >= 11 is 0. The maximum atomic E-state index is 11.5. The van der Waals surface area contributed by atoms with Crippen LogP contribution in [0.2, 0.25) is 0 Å². The fourth-order valence-corrected chi connectivity index (χ4v) is 1.58. The minimum absolute atomic E-state index is 0.0997. The molecule has 6 nitrogen and oxygen atoms in total. The fourth-order valence-electron chi connectivity index (χ4n) is 1.58. The first-order valence-electron chi connectivity index (χ1n) is 6.42. The van der Waals surface area contributed by atoms with E-state index in [1.807, 2.05) is 11.6 Å². The molecule has 1 amide bonds. The van der Waals surface area contributed by atoms with Crippen molar-refractivity contribution in [3.63, 3.8) is 0 Å². The van der Waals surface area contributed by atoms with Crippen molar-refractivity contribution in [1.29, 1.82) is 0 Å². The number of hydrogen-bond acceptors (Lipinski definition) is 4. The Morgan fingerprint density at radius 3 is 2.83 bits per heavy atom. The summed E-state index contributed by atoms with van der Waals surface area (Å²) in [6.07, 6.45) is 3.81. The van der Waals surface area contributed by atoms with Crippen LogP contribution in [0.15, 0.2) is 6.33 Å². The van der Waals surface area contributed by atoms with Crippen molar-refractivity contribution in [3.8, 4) is 0 Å². The number of rotatable bonds is 8. The van der Waals surface area contributed by atoms with Crippen LogP contribution in [0.25, 0.3) is 0 Å². The molecule has 1 rings (SSSR count). The summed E-state index contributed by atoms with van der Waals surface area (Å²) in [5, 5.41) is 13.9. The molecule has 6 heteroatoms. The number of aromatic nitrogens is 3. The predicted octanol–water partition coefficient (Wildman–Crippen LogP) is 0.252. The molecule has 1 aromatic heterocycles. The van der Waals surface area contributed by atoms with Crippen LogP contribution in [0.3, 0.4) is 0 Å². The van der Waals surface area contributed by atoms with Crippen LogP contribution in [-0.2, 0) is 18.3 Å². The van der Waals surface area contributed by atoms with Crippen molar-refractivity contribution in [2.24, 2.45) is 7.05 Å². The quantitative estimate of drug-likeness (QED) is 0.652. The van der Waals surface area contributed by atoms with Crippen LogP contribution in [-0.4, -0.2) is 39.8 Å². The van der Waals surface area contributed by atoms with Crippen LogP contribution in [0.1, 0.15) is 32.5 Å². The maximum Gasteiger partial charge on any atom is 0.220 e. The second kappa shape index (κ2) is 7.81. The number of amides is 1. The molecular weight excluding hydrogens is 230 g/mol. The van der Waals surface area contributed by atoms with E-state index < -0.39 is 0 Å². The van der Waals surface area contributed by atoms with Gasteiger partial charge in [0.15, 0.2) is 0 Å². The molecule has 0 atom stereocenters. The SMILES string of the molecule is CC(C)NCCCC(=O)NCCc1nncn1C. The van der Waals surface area contributed by atoms with Crippen molar-refractivity contribution < 1.29 is 4.79 Å². The Kier molecular flexibility index (Phi) is 6.35. The third-order valence-corrected chi connectivity index (χ3v) is 2.61. The maximum absolute atomic E-state index is 11.5. The van der Waals surface area contributed by atoms with Gasteiger partial charge in [0.05, 0.1) is 0 Å². The van der Waals surface area contributed by atoms with E-state index >= 15 is 0 Å². The number of nitrogens with zero attached hydrogens (tertiary/aromatic N) is 3. The Morgan fingerprint density at radius 1 is 1.44 bits per heavy atom. The summed E-state index contributed by atoms with van der Waals surface area (Å²) in [6, 6.07) is 0.476. The van der Waals surface area contributed by atoms with E-state index in [9.17, 15) is 4.79 Å². The summed E-state index contributed by atoms with van der Waals surface area (Å²) in [6.45, 7) is 5.69. The minimum atomic E-state index is 0.0997. The topological polar surface area (TPSA) is 71.8 Å². The molecule has 0 spiro atoms. The lowest BCUT2D eigenvalue weighted by Gasteiger charge is -2.08. The Balaban J connectivity index is 2.05. The van der Waals surface area contributed by atoms with E-state index in [0.717, 1.165) is 18.8 Å². The van der Waals surface area contributed by atoms with E-state index in [2.05, 4.69) is 34.7 Å². The van der Waals surface area contributed by atoms with Crippen LogP contribution in [0.5, 0.6) is 0 Å². The van der Waals surface area contributed by atoms with Gasteiger partial charge in [-0.25, -0.2) is 0 Å². The van der Waals surface area contributed by atoms with E-state index in [-0.39, 0.29) is 5.91 Å². The third kappa shape index (κ3) is 5.77. The Hall–Kier alpha value is -1.43. The van der Waals surface area contributed by atoms with Gasteiger partial charge in [-0.2, -0.15) is 0 Å². The van der Waals surface area contributed by atoms with Crippen molar-refractivity contribution in [3.05, 3.63) is 12.2 Å². The average Bonchev–Trinajstić information content (AvgIpc) is 2.70. The van der Waals surface area contributed by atoms with Crippen molar-refractivity contribution in [1.82, 2.24) is 25.4 Å². The highest BCUT2D eigenvalue weighted by atomic mass is 16.1. The summed E-state index contributed by atoms with van der Waals surface area (Å²) in [5.74, 6) is 0.986. The van der Waals surface area contributed by atoms with Gasteiger partial charge >= 0.3 is 0 Å². The number of carbonyl (C=O) groups excluding carboxylic acids is 1. The third-order valence-electron chi connectivity index (χ3n) is 2.61. The number of hydrogen-bond donors (Lipinski definition) is 2. The van der Waals surface area contributed by atoms with Gasteiger partial charge in [0.1, 0.15) is 12.2 Å². The zero-order valence-corrected chi connectivity index (χ0v) is 11.4. The number of nitrogens with one attached hydrogen (secondary N) is 2. The molecule has 0 saturated carbocycles. The molecule has 2 N–H and O–H groups in total. The molecule has 0 aliphatic carbocycles. The van der Waals surface area contributed by atoms with Gasteiger partial charge in [-0.05, 0) is 13.0 Å². The van der Waals surface area contributed by atoms with Crippen LogP contribution >= 0.6 is 0 Å². The monoisotopic (exact) mass is 253 g/mol. The second-order valence-electron chi connectivity index (χ2n) is 4.67. The molecule has 0 unspecified atom stereocenters. The first kappa shape index (κ1) is 14.6. The number of carbonyl (C=O) groups is 1. The predicted molar refractivity (Wildman–Crippen MR) is 70.1 cm³/mol. The Morgan fingerprint density at radius 2 is 2.22 bits per heavy atom. The molecule has 0 aliphatic heterocycles. The summed E-state index contributed by atoms with van der Waals surface area (Å²) < 4.78 is 1.86. The molecule has 1 heterocycles. The second-order valence-corrected chi connectivity index (χ2v) is 4.67. The lowest BCUT2D eigenvalue weighted by molar-refractivity contribution is -0.121. The largest absolute Gasteiger partial charge is 0.356 e. The van der Waals surface area contributed by atoms with Crippen LogP contribution < -0.4 is 10.6 Å². The summed E-state index contributed by atoms with van der Waals surface area (Å²) in [4.78, 5) is 11.5. The highest BCUT2D eigenvalue weighted by Crippen LogP contribution is 1.93. The van der Waals surface area contributed by atoms with Gasteiger partial charge in [0.2, 0.25) is 5.91 Å². The van der Waals surface area contributed by atoms with E-state index in [0.29, 0.717) is 25.4 Å². The molecule has 0 radical (unpaired) electrons. The standard InChI is InChI=1S/C12H23N5O/c1-10(2)13-7-4-5-12(18)14-8-6-11-16-15-9-17(11)3/h9-10,13H,4-8H2,1-3H3,(H,14,18). The van der Waals surface area contributed by atoms with E-state index in [4.69, 9.17) is 0 Å². The molecule has 1 aromatic rings. The first-order valence-corrected chi connectivity index (χ1v) is 6.42. The summed E-state index contributed by atoms with van der Waals surface area (Å²) in [5.41, 5.74) is 0. The van der Waals surface area contributed by atoms with Gasteiger partial charge in [-0.3, -0.25) is 4.79 Å². The van der Waals surface area contributed by atoms with Crippen molar-refractivity contribution in [2.75, 3.05) is 13.1 Å². The molecule has 0 aromatic carbocycles. The van der Waals surface area contributed by atoms with Crippen molar-refractivity contribution in [2.45, 2.75) is 39.2 Å². The molecule has 18 heavy (non-hydrogen) atoms. The highest BCUT2D eigenvalue weighted by Gasteiger charge is 2.03. The molecule has 102 valence electrons. The first-order chi connectivity index (χ1) is 8.59. The van der Waals surface area contributed by atoms with E-state index in [1.54, 1.807) is 6.33 Å². The average molecular weight is 253 g/mol. The highest BCUT2D eigenvalue weighted by molar-refractivity contribution is 5.75. The lowest BCUT2D eigenvalue weighted by atomic mass is 10.2. The molecule has 0 saturated heterocycles. The van der Waals surface area contributed by atoms with Crippen LogP contribution in [0.4, 0.5) is 0 Å². The van der Waals surface area contributed by atoms with Crippen LogP contribution in [0, 0.1) is 0 Å². The summed E-state index contributed by atoms with van der Waals surface area (Å²) in [7, 11) is 1.90. The van der Waals surface area contributed by atoms with E-state index in [1.165, 1.54) is 0 Å². The van der Waals surface area contributed by atoms with Gasteiger partial charge in [0.25, 0.3) is 0 Å². The zero-order valence-electron chi connectivity index (χ0n) is 11.4. The van der Waals surface area contributed by atoms with Gasteiger partial charge < -0.3 is 15.2 Å². The normalized spacial score (nSPS) is 10.9. The smallest absolute Gasteiger partial charge is 0.220 e. The van der Waals surface area contributed by atoms with Crippen molar-refractivity contribution >= 4 is 5.91 Å². The Labute approximate surface area is 108 Å². The van der Waals surface area contributed by atoms with Gasteiger partial charge in [-0.15, -0.1) is 10.2 Å². The van der Waals surface area contributed by atoms with Gasteiger partial charge in [-0.1, -0.05) is 13.8 Å². The van der Waals surface area contributed by atoms with Gasteiger partial charge in [0, 0.05) is 32.5 Å². The number of aryl methyl sites for hydroxylation is 1. The molecule has 0 fully saturated rings. The fraction of sp³-hybridized carbons (Fsp3) is 0.750. The Bertz CT molecular complexity index is 361. The molecule has 0 bridgehead atoms. The lowest BCUT2D eigenvalue weighted by Crippen LogP contribution is -2.28. The molecule has 0 aliphatic rings. The molecular formula is C12H23N5O. The zero-order chi connectivity index (χ0) is 13.4.